The molecule has 0 aromatic rings. The molecule has 1 atom stereocenters. The van der Waals surface area contributed by atoms with Crippen LogP contribution in [0.1, 0.15) is 47.5 Å². The van der Waals surface area contributed by atoms with Gasteiger partial charge in [-0.05, 0) is 0 Å². The fraction of sp³-hybridized carbons (Fsp3) is 0.810. The van der Waals surface area contributed by atoms with Gasteiger partial charge in [-0.3, -0.25) is 0 Å². The van der Waals surface area contributed by atoms with E-state index in [2.05, 4.69) is 27.7 Å². The van der Waals surface area contributed by atoms with Gasteiger partial charge in [0.1, 0.15) is 0 Å². The average Bonchev–Trinajstić information content (AvgIpc) is 3.02. The Morgan fingerprint density at radius 3 is 1.90 bits per heavy atom. The van der Waals surface area contributed by atoms with Gasteiger partial charge in [0.2, 0.25) is 0 Å². The molecule has 9 heteroatoms. The van der Waals surface area contributed by atoms with E-state index in [1.165, 1.54) is 0 Å². The maximum atomic E-state index is 10.8. The van der Waals surface area contributed by atoms with Gasteiger partial charge in [-0.15, -0.1) is 0 Å². The Balaban J connectivity index is 1.61. The van der Waals surface area contributed by atoms with Crippen molar-refractivity contribution in [3.05, 3.63) is 23.0 Å². The third-order valence-corrected chi connectivity index (χ3v) is 12.7. The first-order valence-electron chi connectivity index (χ1n) is 10.8. The van der Waals surface area contributed by atoms with E-state index in [1.807, 2.05) is 13.0 Å². The summed E-state index contributed by atoms with van der Waals surface area (Å²) in [4.78, 5) is 0. The van der Waals surface area contributed by atoms with E-state index < -0.39 is 7.18 Å². The van der Waals surface area contributed by atoms with Crippen LogP contribution in [0.5, 0.6) is 0 Å². The van der Waals surface area contributed by atoms with Crippen molar-refractivity contribution in [3.63, 3.8) is 0 Å². The van der Waals surface area contributed by atoms with Gasteiger partial charge in [0.15, 0.2) is 0 Å². The van der Waals surface area contributed by atoms with Gasteiger partial charge in [0, 0.05) is 0 Å². The minimum atomic E-state index is -2.77. The van der Waals surface area contributed by atoms with Crippen LogP contribution in [0.15, 0.2) is 23.0 Å². The first-order chi connectivity index (χ1) is 14.2. The van der Waals surface area contributed by atoms with E-state index in [1.54, 1.807) is 6.08 Å². The van der Waals surface area contributed by atoms with Crippen LogP contribution in [0.4, 0.5) is 0 Å². The molecule has 7 nitrogen and oxygen atoms in total. The van der Waals surface area contributed by atoms with Crippen molar-refractivity contribution in [1.82, 2.24) is 0 Å². The minimum absolute atomic E-state index is 0.0370. The summed E-state index contributed by atoms with van der Waals surface area (Å²) in [6, 6.07) is 0. The zero-order valence-corrected chi connectivity index (χ0v) is 20.9. The molecule has 3 aliphatic rings. The SMILES string of the molecule is CC1=CC=C(O)[PH]1(OCC(C)(C)C1OCCCO1)POCC(C)(C)C1OCCCO1. The molecule has 3 aliphatic heterocycles. The molecule has 0 radical (unpaired) electrons. The van der Waals surface area contributed by atoms with Crippen LogP contribution in [-0.2, 0) is 28.0 Å². The third kappa shape index (κ3) is 5.63. The van der Waals surface area contributed by atoms with E-state index in [0.29, 0.717) is 45.1 Å². The van der Waals surface area contributed by atoms with Crippen molar-refractivity contribution in [2.75, 3.05) is 39.6 Å². The zero-order valence-electron chi connectivity index (χ0n) is 18.9. The predicted octanol–water partition coefficient (Wildman–Crippen LogP) is 5.09. The van der Waals surface area contributed by atoms with E-state index >= 15 is 0 Å². The Morgan fingerprint density at radius 1 is 0.933 bits per heavy atom. The van der Waals surface area contributed by atoms with Crippen molar-refractivity contribution < 1.29 is 33.1 Å². The molecular weight excluding hydrogens is 426 g/mol. The monoisotopic (exact) mass is 464 g/mol. The normalized spacial score (nSPS) is 25.5. The van der Waals surface area contributed by atoms with Gasteiger partial charge in [-0.2, -0.15) is 0 Å². The van der Waals surface area contributed by atoms with Crippen molar-refractivity contribution in [2.24, 2.45) is 10.8 Å². The van der Waals surface area contributed by atoms with Crippen molar-refractivity contribution in [1.29, 1.82) is 0 Å². The van der Waals surface area contributed by atoms with Gasteiger partial charge in [-0.25, -0.2) is 0 Å². The summed E-state index contributed by atoms with van der Waals surface area (Å²) in [6.07, 6.45) is 4.94. The summed E-state index contributed by atoms with van der Waals surface area (Å²) >= 11 is 0. The number of ether oxygens (including phenoxy) is 4. The van der Waals surface area contributed by atoms with Gasteiger partial charge in [-0.1, -0.05) is 0 Å². The van der Waals surface area contributed by atoms with Gasteiger partial charge >= 0.3 is 182 Å². The number of rotatable bonds is 9. The first kappa shape index (κ1) is 24.5. The van der Waals surface area contributed by atoms with Crippen molar-refractivity contribution in [2.45, 2.75) is 60.0 Å². The third-order valence-electron chi connectivity index (χ3n) is 5.66. The number of allylic oxidation sites excluding steroid dienone is 3. The van der Waals surface area contributed by atoms with Crippen LogP contribution in [0.25, 0.3) is 0 Å². The number of hydrogen-bond donors (Lipinski definition) is 1. The molecule has 0 saturated carbocycles. The second-order valence-corrected chi connectivity index (χ2v) is 15.8. The van der Waals surface area contributed by atoms with Gasteiger partial charge in [0.25, 0.3) is 0 Å². The van der Waals surface area contributed by atoms with E-state index in [9.17, 15) is 5.11 Å². The van der Waals surface area contributed by atoms with Crippen LogP contribution in [0.3, 0.4) is 0 Å². The molecule has 1 N–H and O–H groups in total. The Hall–Kier alpha value is -0.1000. The summed E-state index contributed by atoms with van der Waals surface area (Å²) < 4.78 is 35.9. The quantitative estimate of drug-likeness (QED) is 0.477. The molecule has 2 fully saturated rings. The Kier molecular flexibility index (Phi) is 8.37. The molecule has 30 heavy (non-hydrogen) atoms. The number of hydrogen-bond acceptors (Lipinski definition) is 7. The summed E-state index contributed by atoms with van der Waals surface area (Å²) in [6.45, 7) is 14.0. The first-order valence-corrected chi connectivity index (χ1v) is 14.6. The molecule has 3 heterocycles. The van der Waals surface area contributed by atoms with Crippen LogP contribution in [-0.4, -0.2) is 57.3 Å². The molecule has 0 bridgehead atoms. The predicted molar refractivity (Wildman–Crippen MR) is 121 cm³/mol. The molecule has 174 valence electrons. The second kappa shape index (κ2) is 10.2. The van der Waals surface area contributed by atoms with Crippen LogP contribution < -0.4 is 0 Å². The summed E-state index contributed by atoms with van der Waals surface area (Å²) in [5, 5.41) is 11.8. The van der Waals surface area contributed by atoms with Crippen molar-refractivity contribution >= 4 is 15.7 Å². The Labute approximate surface area is 182 Å². The summed E-state index contributed by atoms with van der Waals surface area (Å²) in [7, 11) is -2.73. The number of aliphatic hydroxyl groups excluding tert-OH is 1. The molecule has 0 aliphatic carbocycles. The summed E-state index contributed by atoms with van der Waals surface area (Å²) in [5.41, 5.74) is -0.318. The standard InChI is InChI=1S/C21H38O7P2/c1-16-8-9-17(22)30(16,28-15-21(4,5)19-25-12-7-13-26-19)29-27-14-20(2,3)18-23-10-6-11-24-18/h8-9,18-19,22,29-30H,6-7,10-15H2,1-5H3. The van der Waals surface area contributed by atoms with Crippen molar-refractivity contribution in [3.8, 4) is 0 Å². The molecule has 0 amide bonds. The van der Waals surface area contributed by atoms with E-state index in [4.69, 9.17) is 28.0 Å². The molecule has 2 saturated heterocycles. The average molecular weight is 464 g/mol. The molecule has 3 rings (SSSR count). The van der Waals surface area contributed by atoms with E-state index in [-0.39, 0.29) is 31.9 Å². The topological polar surface area (TPSA) is 75.6 Å². The van der Waals surface area contributed by atoms with E-state index in [0.717, 1.165) is 18.2 Å². The van der Waals surface area contributed by atoms with Gasteiger partial charge < -0.3 is 0 Å². The number of aliphatic hydroxyl groups is 1. The van der Waals surface area contributed by atoms with Crippen LogP contribution in [0, 0.1) is 10.8 Å². The zero-order chi connectivity index (χ0) is 21.8. The molecule has 0 spiro atoms. The molecular formula is C21H38O7P2. The maximum absolute atomic E-state index is 10.8. The Bertz CT molecular complexity index is 617. The summed E-state index contributed by atoms with van der Waals surface area (Å²) in [5.74, 6) is 0. The second-order valence-electron chi connectivity index (χ2n) is 9.59. The fourth-order valence-electron chi connectivity index (χ4n) is 3.62. The van der Waals surface area contributed by atoms with Crippen LogP contribution in [0.2, 0.25) is 0 Å². The Morgan fingerprint density at radius 2 is 1.43 bits per heavy atom. The van der Waals surface area contributed by atoms with Gasteiger partial charge in [0.05, 0.1) is 0 Å². The molecule has 1 unspecified atom stereocenters. The molecule has 0 aromatic carbocycles. The van der Waals surface area contributed by atoms with Crippen LogP contribution >= 0.6 is 15.7 Å². The molecule has 0 aromatic heterocycles. The fourth-order valence-corrected chi connectivity index (χ4v) is 9.12.